The number of amides is 1. The van der Waals surface area contributed by atoms with E-state index >= 15 is 0 Å². The van der Waals surface area contributed by atoms with Gasteiger partial charge in [-0.15, -0.1) is 5.10 Å². The van der Waals surface area contributed by atoms with E-state index in [-0.39, 0.29) is 23.4 Å². The minimum Gasteiger partial charge on any atom is -0.497 e. The molecule has 0 unspecified atom stereocenters. The largest absolute Gasteiger partial charge is 0.497 e. The molecular weight excluding hydrogens is 463 g/mol. The number of ether oxygens (including phenoxy) is 1. The van der Waals surface area contributed by atoms with E-state index in [1.807, 2.05) is 29.2 Å². The maximum absolute atomic E-state index is 13.3. The third-order valence-electron chi connectivity index (χ3n) is 6.93. The Morgan fingerprint density at radius 3 is 2.23 bits per heavy atom. The lowest BCUT2D eigenvalue weighted by Gasteiger charge is -2.34. The number of rotatable bonds is 5. The molecule has 2 aromatic carbocycles. The summed E-state index contributed by atoms with van der Waals surface area (Å²) in [5, 5.41) is 4.23. The molecule has 184 valence electrons. The first kappa shape index (κ1) is 23.2. The van der Waals surface area contributed by atoms with E-state index < -0.39 is 22.9 Å². The highest BCUT2D eigenvalue weighted by atomic mass is 19.4. The average molecular weight is 487 g/mol. The van der Waals surface area contributed by atoms with Gasteiger partial charge in [-0.05, 0) is 67.6 Å². The van der Waals surface area contributed by atoms with Crippen LogP contribution < -0.4 is 10.5 Å². The van der Waals surface area contributed by atoms with Crippen LogP contribution in [-0.2, 0) is 16.4 Å². The first-order valence-corrected chi connectivity index (χ1v) is 11.4. The highest BCUT2D eigenvalue weighted by molar-refractivity contribution is 5.91. The van der Waals surface area contributed by atoms with Crippen LogP contribution in [0.25, 0.3) is 11.5 Å². The molecule has 0 bridgehead atoms. The zero-order valence-corrected chi connectivity index (χ0v) is 19.0. The maximum atomic E-state index is 13.3. The molecule has 2 aliphatic rings. The Bertz CT molecular complexity index is 1270. The molecule has 1 saturated carbocycles. The van der Waals surface area contributed by atoms with E-state index in [4.69, 9.17) is 9.15 Å². The van der Waals surface area contributed by atoms with Gasteiger partial charge in [0.05, 0.1) is 24.1 Å². The van der Waals surface area contributed by atoms with E-state index in [0.29, 0.717) is 25.9 Å². The van der Waals surface area contributed by atoms with Crippen molar-refractivity contribution in [3.63, 3.8) is 0 Å². The molecule has 0 radical (unpaired) electrons. The quantitative estimate of drug-likeness (QED) is 0.532. The molecular formula is C25H24F3N3O4. The molecule has 7 nitrogen and oxygen atoms in total. The van der Waals surface area contributed by atoms with Crippen molar-refractivity contribution in [3.05, 3.63) is 70.2 Å². The van der Waals surface area contributed by atoms with Gasteiger partial charge in [0.2, 0.25) is 11.8 Å². The SMILES string of the molecule is COc1ccc(C2(C(=O)N3CCC(n4nc(-c5ccc(C(F)(F)F)cc5)oc4=O)CC3)CC2)cc1. The minimum atomic E-state index is -4.45. The molecule has 35 heavy (non-hydrogen) atoms. The number of hydrogen-bond donors (Lipinski definition) is 0. The lowest BCUT2D eigenvalue weighted by Crippen LogP contribution is -2.45. The predicted octanol–water partition coefficient (Wildman–Crippen LogP) is 4.43. The molecule has 2 fully saturated rings. The average Bonchev–Trinajstić information content (AvgIpc) is 3.59. The van der Waals surface area contributed by atoms with Crippen molar-refractivity contribution in [2.45, 2.75) is 43.3 Å². The number of benzene rings is 2. The summed E-state index contributed by atoms with van der Waals surface area (Å²) >= 11 is 0. The van der Waals surface area contributed by atoms with E-state index in [1.165, 1.54) is 16.8 Å². The molecule has 3 aromatic rings. The topological polar surface area (TPSA) is 77.6 Å². The Kier molecular flexibility index (Phi) is 5.69. The third-order valence-corrected chi connectivity index (χ3v) is 6.93. The fraction of sp³-hybridized carbons (Fsp3) is 0.400. The summed E-state index contributed by atoms with van der Waals surface area (Å²) in [7, 11) is 1.60. The Morgan fingerprint density at radius 2 is 1.69 bits per heavy atom. The lowest BCUT2D eigenvalue weighted by molar-refractivity contribution is -0.137. The molecule has 1 amide bonds. The van der Waals surface area contributed by atoms with E-state index in [2.05, 4.69) is 5.10 Å². The van der Waals surface area contributed by atoms with Crippen molar-refractivity contribution in [1.82, 2.24) is 14.7 Å². The van der Waals surface area contributed by atoms with Gasteiger partial charge in [0, 0.05) is 18.7 Å². The van der Waals surface area contributed by atoms with Crippen LogP contribution in [0.15, 0.2) is 57.7 Å². The van der Waals surface area contributed by atoms with Crippen LogP contribution in [0.3, 0.4) is 0 Å². The number of hydrogen-bond acceptors (Lipinski definition) is 5. The number of carbonyl (C=O) groups is 1. The predicted molar refractivity (Wildman–Crippen MR) is 120 cm³/mol. The second-order valence-corrected chi connectivity index (χ2v) is 9.03. The van der Waals surface area contributed by atoms with E-state index in [0.717, 1.165) is 36.3 Å². The van der Waals surface area contributed by atoms with Crippen molar-refractivity contribution >= 4 is 5.91 Å². The van der Waals surface area contributed by atoms with Crippen molar-refractivity contribution in [2.75, 3.05) is 20.2 Å². The van der Waals surface area contributed by atoms with Crippen LogP contribution in [0.4, 0.5) is 13.2 Å². The fourth-order valence-electron chi connectivity index (χ4n) is 4.71. The summed E-state index contributed by atoms with van der Waals surface area (Å²) in [6, 6.07) is 11.7. The third kappa shape index (κ3) is 4.33. The lowest BCUT2D eigenvalue weighted by atomic mass is 9.93. The van der Waals surface area contributed by atoms with Crippen LogP contribution >= 0.6 is 0 Å². The van der Waals surface area contributed by atoms with Crippen LogP contribution in [0.1, 0.15) is 42.9 Å². The summed E-state index contributed by atoms with van der Waals surface area (Å²) in [6.07, 6.45) is -1.78. The first-order valence-electron chi connectivity index (χ1n) is 11.4. The Hall–Kier alpha value is -3.56. The normalized spacial score (nSPS) is 17.9. The van der Waals surface area contributed by atoms with Gasteiger partial charge in [-0.1, -0.05) is 12.1 Å². The summed E-state index contributed by atoms with van der Waals surface area (Å²) in [5.74, 6) is 0.144. The first-order chi connectivity index (χ1) is 16.7. The Labute approximate surface area is 199 Å². The summed E-state index contributed by atoms with van der Waals surface area (Å²) < 4.78 is 50.1. The highest BCUT2D eigenvalue weighted by Gasteiger charge is 2.53. The maximum Gasteiger partial charge on any atom is 0.437 e. The number of carbonyl (C=O) groups excluding carboxylic acids is 1. The van der Waals surface area contributed by atoms with Crippen molar-refractivity contribution in [3.8, 4) is 17.2 Å². The van der Waals surface area contributed by atoms with Gasteiger partial charge >= 0.3 is 11.9 Å². The van der Waals surface area contributed by atoms with Gasteiger partial charge < -0.3 is 14.1 Å². The smallest absolute Gasteiger partial charge is 0.437 e. The molecule has 10 heteroatoms. The monoisotopic (exact) mass is 487 g/mol. The van der Waals surface area contributed by atoms with Gasteiger partial charge in [-0.25, -0.2) is 4.79 Å². The highest BCUT2D eigenvalue weighted by Crippen LogP contribution is 2.50. The molecule has 1 saturated heterocycles. The van der Waals surface area contributed by atoms with Gasteiger partial charge in [0.25, 0.3) is 0 Å². The van der Waals surface area contributed by atoms with Gasteiger partial charge in [0.15, 0.2) is 0 Å². The Morgan fingerprint density at radius 1 is 1.06 bits per heavy atom. The summed E-state index contributed by atoms with van der Waals surface area (Å²) in [4.78, 5) is 27.6. The molecule has 0 spiro atoms. The number of likely N-dealkylation sites (tertiary alicyclic amines) is 1. The summed E-state index contributed by atoms with van der Waals surface area (Å²) in [5.41, 5.74) is -0.00125. The number of nitrogens with zero attached hydrogens (tertiary/aromatic N) is 3. The minimum absolute atomic E-state index is 0.0290. The number of piperidine rings is 1. The summed E-state index contributed by atoms with van der Waals surface area (Å²) in [6.45, 7) is 0.965. The van der Waals surface area contributed by atoms with E-state index in [1.54, 1.807) is 7.11 Å². The Balaban J connectivity index is 1.26. The van der Waals surface area contributed by atoms with Gasteiger partial charge in [0.1, 0.15) is 5.75 Å². The molecule has 1 aliphatic heterocycles. The van der Waals surface area contributed by atoms with E-state index in [9.17, 15) is 22.8 Å². The zero-order chi connectivity index (χ0) is 24.8. The van der Waals surface area contributed by atoms with Crippen molar-refractivity contribution < 1.29 is 27.1 Å². The van der Waals surface area contributed by atoms with Crippen LogP contribution in [-0.4, -0.2) is 40.8 Å². The molecule has 5 rings (SSSR count). The number of halogens is 3. The molecule has 2 heterocycles. The second kappa shape index (κ2) is 8.58. The van der Waals surface area contributed by atoms with Crippen molar-refractivity contribution in [2.24, 2.45) is 0 Å². The van der Waals surface area contributed by atoms with Crippen LogP contribution in [0, 0.1) is 0 Å². The molecule has 1 aliphatic carbocycles. The van der Waals surface area contributed by atoms with Crippen molar-refractivity contribution in [1.29, 1.82) is 0 Å². The molecule has 0 N–H and O–H groups in total. The van der Waals surface area contributed by atoms with Gasteiger partial charge in [-0.3, -0.25) is 4.79 Å². The number of aromatic nitrogens is 2. The molecule has 1 aromatic heterocycles. The zero-order valence-electron chi connectivity index (χ0n) is 19.0. The van der Waals surface area contributed by atoms with Crippen LogP contribution in [0.2, 0.25) is 0 Å². The second-order valence-electron chi connectivity index (χ2n) is 9.03. The fourth-order valence-corrected chi connectivity index (χ4v) is 4.71. The van der Waals surface area contributed by atoms with Crippen LogP contribution in [0.5, 0.6) is 5.75 Å². The number of methoxy groups -OCH3 is 1. The van der Waals surface area contributed by atoms with Gasteiger partial charge in [-0.2, -0.15) is 17.9 Å². The number of alkyl halides is 3. The standard InChI is InChI=1S/C25H24F3N3O4/c1-34-20-8-6-17(7-9-20)24(12-13-24)22(32)30-14-10-19(11-15-30)31-23(33)35-21(29-31)16-2-4-18(5-3-16)25(26,27)28/h2-9,19H,10-15H2,1H3. The molecule has 0 atom stereocenters.